The van der Waals surface area contributed by atoms with E-state index in [2.05, 4.69) is 0 Å². The molecule has 0 unspecified atom stereocenters. The molecule has 2 aliphatic heterocycles. The highest BCUT2D eigenvalue weighted by atomic mass is 16.3. The third-order valence-corrected chi connectivity index (χ3v) is 6.99. The molecule has 2 heterocycles. The molecule has 2 bridgehead atoms. The molecular formula is C18H31N2O3+. The largest absolute Gasteiger partial charge is 0.385 e. The molecule has 5 heteroatoms. The molecule has 3 fully saturated rings. The predicted molar refractivity (Wildman–Crippen MR) is 86.8 cm³/mol. The van der Waals surface area contributed by atoms with Gasteiger partial charge in [0.1, 0.15) is 12.6 Å². The molecule has 130 valence electrons. The van der Waals surface area contributed by atoms with Crippen LogP contribution in [-0.4, -0.2) is 54.1 Å². The fourth-order valence-corrected chi connectivity index (χ4v) is 4.94. The minimum Gasteiger partial charge on any atom is -0.385 e. The minimum absolute atomic E-state index is 0.0670. The van der Waals surface area contributed by atoms with Crippen molar-refractivity contribution in [3.63, 3.8) is 0 Å². The first-order chi connectivity index (χ1) is 10.8. The van der Waals surface area contributed by atoms with Gasteiger partial charge < -0.3 is 10.0 Å². The first-order valence-corrected chi connectivity index (χ1v) is 9.15. The Morgan fingerprint density at radius 3 is 2.52 bits per heavy atom. The number of fused-ring (bicyclic) bond motifs is 2. The molecule has 0 spiro atoms. The number of β-amino-alcohol motifs (C(OH)–C–C–N with tert-alkyl or cyclic N) is 1. The van der Waals surface area contributed by atoms with E-state index in [9.17, 15) is 14.7 Å². The minimum atomic E-state index is -0.611. The van der Waals surface area contributed by atoms with Crippen LogP contribution in [0.1, 0.15) is 52.9 Å². The Bertz CT molecular complexity index is 498. The van der Waals surface area contributed by atoms with E-state index in [-0.39, 0.29) is 29.7 Å². The van der Waals surface area contributed by atoms with Gasteiger partial charge >= 0.3 is 0 Å². The van der Waals surface area contributed by atoms with Crippen LogP contribution in [0.3, 0.4) is 0 Å². The maximum absolute atomic E-state index is 12.9. The molecule has 1 aliphatic carbocycles. The molecule has 23 heavy (non-hydrogen) atoms. The molecule has 5 nitrogen and oxygen atoms in total. The van der Waals surface area contributed by atoms with Crippen molar-refractivity contribution >= 4 is 11.8 Å². The second-order valence-corrected chi connectivity index (χ2v) is 8.57. The van der Waals surface area contributed by atoms with E-state index in [1.807, 2.05) is 20.8 Å². The van der Waals surface area contributed by atoms with Crippen LogP contribution in [0, 0.1) is 16.7 Å². The Hall–Kier alpha value is -0.940. The van der Waals surface area contributed by atoms with Crippen LogP contribution in [0.2, 0.25) is 0 Å². The Labute approximate surface area is 139 Å². The molecule has 2 saturated heterocycles. The van der Waals surface area contributed by atoms with Crippen molar-refractivity contribution in [3.8, 4) is 0 Å². The number of imide groups is 1. The summed E-state index contributed by atoms with van der Waals surface area (Å²) >= 11 is 0. The molecule has 2 N–H and O–H groups in total. The van der Waals surface area contributed by atoms with Crippen LogP contribution >= 0.6 is 0 Å². The number of rotatable bonds is 4. The third kappa shape index (κ3) is 2.62. The molecule has 0 aromatic carbocycles. The molecule has 3 aliphatic rings. The lowest BCUT2D eigenvalue weighted by atomic mass is 9.62. The van der Waals surface area contributed by atoms with E-state index in [4.69, 9.17) is 0 Å². The van der Waals surface area contributed by atoms with Crippen LogP contribution < -0.4 is 4.90 Å². The Morgan fingerprint density at radius 1 is 1.22 bits per heavy atom. The van der Waals surface area contributed by atoms with Crippen molar-refractivity contribution in [2.45, 2.75) is 59.0 Å². The summed E-state index contributed by atoms with van der Waals surface area (Å²) in [5, 5.41) is 10.4. The van der Waals surface area contributed by atoms with Gasteiger partial charge in [-0.1, -0.05) is 20.8 Å². The Kier molecular flexibility index (Phi) is 4.30. The van der Waals surface area contributed by atoms with Gasteiger partial charge in [-0.15, -0.1) is 0 Å². The number of aliphatic hydroxyl groups excluding tert-OH is 1. The van der Waals surface area contributed by atoms with Gasteiger partial charge in [0.25, 0.3) is 0 Å². The van der Waals surface area contributed by atoms with Crippen molar-refractivity contribution in [1.82, 2.24) is 4.90 Å². The van der Waals surface area contributed by atoms with E-state index >= 15 is 0 Å². The van der Waals surface area contributed by atoms with Gasteiger partial charge in [0, 0.05) is 5.92 Å². The number of hydrogen-bond acceptors (Lipinski definition) is 3. The van der Waals surface area contributed by atoms with Crippen LogP contribution in [0.5, 0.6) is 0 Å². The Balaban J connectivity index is 1.68. The molecule has 0 aromatic rings. The molecule has 2 amide bonds. The number of hydrogen-bond donors (Lipinski definition) is 2. The van der Waals surface area contributed by atoms with E-state index in [0.717, 1.165) is 25.9 Å². The topological polar surface area (TPSA) is 62.1 Å². The van der Waals surface area contributed by atoms with Gasteiger partial charge in [0.05, 0.1) is 25.0 Å². The number of amides is 2. The van der Waals surface area contributed by atoms with Gasteiger partial charge in [0.2, 0.25) is 11.8 Å². The molecule has 1 saturated carbocycles. The highest BCUT2D eigenvalue weighted by molar-refractivity contribution is 6.03. The van der Waals surface area contributed by atoms with Gasteiger partial charge in [0.15, 0.2) is 0 Å². The second kappa shape index (κ2) is 5.85. The first kappa shape index (κ1) is 16.9. The summed E-state index contributed by atoms with van der Waals surface area (Å²) < 4.78 is 0. The summed E-state index contributed by atoms with van der Waals surface area (Å²) in [6.45, 7) is 9.08. The fraction of sp³-hybridized carbons (Fsp3) is 0.889. The summed E-state index contributed by atoms with van der Waals surface area (Å²) in [5.74, 6) is -0.226. The van der Waals surface area contributed by atoms with Crippen molar-refractivity contribution in [1.29, 1.82) is 0 Å². The monoisotopic (exact) mass is 323 g/mol. The SMILES string of the molecule is CC1(C)[C@@H]2CC[C@]1(C)C(=O)N(C[C@H](O)C[NH+]1CCCCC1)C2=O. The lowest BCUT2D eigenvalue weighted by Crippen LogP contribution is -3.14. The summed E-state index contributed by atoms with van der Waals surface area (Å²) in [4.78, 5) is 28.5. The summed E-state index contributed by atoms with van der Waals surface area (Å²) in [6.07, 6.45) is 4.64. The Morgan fingerprint density at radius 2 is 1.87 bits per heavy atom. The van der Waals surface area contributed by atoms with Crippen molar-refractivity contribution in [2.24, 2.45) is 16.7 Å². The van der Waals surface area contributed by atoms with E-state index in [1.54, 1.807) is 0 Å². The second-order valence-electron chi connectivity index (χ2n) is 8.57. The zero-order valence-corrected chi connectivity index (χ0v) is 14.7. The predicted octanol–water partition coefficient (Wildman–Crippen LogP) is 0.227. The summed E-state index contributed by atoms with van der Waals surface area (Å²) in [6, 6.07) is 0. The van der Waals surface area contributed by atoms with Crippen LogP contribution in [0.25, 0.3) is 0 Å². The highest BCUT2D eigenvalue weighted by Gasteiger charge is 2.64. The summed E-state index contributed by atoms with van der Waals surface area (Å²) in [5.41, 5.74) is -0.746. The number of likely N-dealkylation sites (tertiary alicyclic amines) is 2. The average Bonchev–Trinajstić information content (AvgIpc) is 2.70. The maximum Gasteiger partial charge on any atom is 0.235 e. The van der Waals surface area contributed by atoms with E-state index in [0.29, 0.717) is 6.54 Å². The number of nitrogens with one attached hydrogen (secondary N) is 1. The first-order valence-electron chi connectivity index (χ1n) is 9.15. The number of quaternary nitrogens is 1. The van der Waals surface area contributed by atoms with E-state index < -0.39 is 11.5 Å². The standard InChI is InChI=1S/C18H30N2O3/c1-17(2)14-7-8-18(17,3)16(23)20(15(14)22)12-13(21)11-19-9-5-4-6-10-19/h13-14,21H,4-12H2,1-3H3/p+1/t13-,14-,18-/m1/s1. The van der Waals surface area contributed by atoms with Gasteiger partial charge in [-0.25, -0.2) is 0 Å². The van der Waals surface area contributed by atoms with Crippen molar-refractivity contribution in [3.05, 3.63) is 0 Å². The quantitative estimate of drug-likeness (QED) is 0.728. The smallest absolute Gasteiger partial charge is 0.235 e. The molecule has 3 rings (SSSR count). The van der Waals surface area contributed by atoms with Crippen LogP contribution in [-0.2, 0) is 9.59 Å². The molecule has 0 aromatic heterocycles. The maximum atomic E-state index is 12.9. The van der Waals surface area contributed by atoms with Gasteiger partial charge in [-0.2, -0.15) is 0 Å². The van der Waals surface area contributed by atoms with Crippen LogP contribution in [0.15, 0.2) is 0 Å². The highest BCUT2D eigenvalue weighted by Crippen LogP contribution is 2.59. The summed E-state index contributed by atoms with van der Waals surface area (Å²) in [7, 11) is 0. The lowest BCUT2D eigenvalue weighted by Gasteiger charge is -2.48. The van der Waals surface area contributed by atoms with Crippen LogP contribution in [0.4, 0.5) is 0 Å². The number of nitrogens with zero attached hydrogens (tertiary/aromatic N) is 1. The number of carbonyl (C=O) groups is 2. The normalized spacial score (nSPS) is 35.7. The molecule has 3 atom stereocenters. The number of piperidine rings is 2. The zero-order chi connectivity index (χ0) is 16.8. The average molecular weight is 323 g/mol. The third-order valence-electron chi connectivity index (χ3n) is 6.99. The number of aliphatic hydroxyl groups is 1. The molecular weight excluding hydrogens is 292 g/mol. The lowest BCUT2D eigenvalue weighted by molar-refractivity contribution is -0.907. The van der Waals surface area contributed by atoms with Gasteiger partial charge in [-0.3, -0.25) is 14.5 Å². The number of carbonyl (C=O) groups excluding carboxylic acids is 2. The van der Waals surface area contributed by atoms with E-state index in [1.165, 1.54) is 29.1 Å². The zero-order valence-electron chi connectivity index (χ0n) is 14.7. The van der Waals surface area contributed by atoms with Gasteiger partial charge in [-0.05, 0) is 37.5 Å². The fourth-order valence-electron chi connectivity index (χ4n) is 4.94. The van der Waals surface area contributed by atoms with Crippen molar-refractivity contribution < 1.29 is 19.6 Å². The van der Waals surface area contributed by atoms with Crippen molar-refractivity contribution in [2.75, 3.05) is 26.2 Å². The molecule has 0 radical (unpaired) electrons.